The molecule has 0 bridgehead atoms. The number of benzene rings is 1. The highest BCUT2D eigenvalue weighted by molar-refractivity contribution is 5.60. The molecule has 0 spiro atoms. The van der Waals surface area contributed by atoms with Gasteiger partial charge in [0.1, 0.15) is 5.75 Å². The van der Waals surface area contributed by atoms with E-state index in [0.29, 0.717) is 23.8 Å². The second-order valence-electron chi connectivity index (χ2n) is 4.99. The molecule has 20 heavy (non-hydrogen) atoms. The summed E-state index contributed by atoms with van der Waals surface area (Å²) in [7, 11) is 0. The van der Waals surface area contributed by atoms with Crippen LogP contribution in [-0.2, 0) is 6.61 Å². The van der Waals surface area contributed by atoms with Crippen LogP contribution in [0.25, 0.3) is 11.3 Å². The number of hydrogen-bond acceptors (Lipinski definition) is 4. The summed E-state index contributed by atoms with van der Waals surface area (Å²) in [5.41, 5.74) is 1.40. The van der Waals surface area contributed by atoms with E-state index < -0.39 is 0 Å². The van der Waals surface area contributed by atoms with Crippen molar-refractivity contribution in [3.8, 4) is 17.0 Å². The Kier molecular flexibility index (Phi) is 4.53. The molecule has 5 heteroatoms. The van der Waals surface area contributed by atoms with Gasteiger partial charge in [-0.15, -0.1) is 0 Å². The van der Waals surface area contributed by atoms with Gasteiger partial charge in [0.25, 0.3) is 5.56 Å². The SMILES string of the molecule is CC(C)COc1ccc(-c2cc(CO)c(=O)[nH]n2)cc1. The van der Waals surface area contributed by atoms with Crippen LogP contribution in [0.5, 0.6) is 5.75 Å². The zero-order chi connectivity index (χ0) is 14.5. The van der Waals surface area contributed by atoms with Crippen molar-refractivity contribution in [3.05, 3.63) is 46.2 Å². The monoisotopic (exact) mass is 274 g/mol. The zero-order valence-corrected chi connectivity index (χ0v) is 11.6. The number of aromatic amines is 1. The van der Waals surface area contributed by atoms with E-state index in [4.69, 9.17) is 9.84 Å². The second kappa shape index (κ2) is 6.34. The Morgan fingerprint density at radius 1 is 1.30 bits per heavy atom. The summed E-state index contributed by atoms with van der Waals surface area (Å²) in [5.74, 6) is 1.27. The normalized spacial score (nSPS) is 10.8. The Morgan fingerprint density at radius 3 is 2.60 bits per heavy atom. The topological polar surface area (TPSA) is 75.2 Å². The van der Waals surface area contributed by atoms with Crippen molar-refractivity contribution >= 4 is 0 Å². The van der Waals surface area contributed by atoms with Gasteiger partial charge < -0.3 is 9.84 Å². The van der Waals surface area contributed by atoms with Gasteiger partial charge in [0, 0.05) is 11.1 Å². The minimum Gasteiger partial charge on any atom is -0.493 e. The fourth-order valence-corrected chi connectivity index (χ4v) is 1.70. The summed E-state index contributed by atoms with van der Waals surface area (Å²) in [6, 6.07) is 9.06. The van der Waals surface area contributed by atoms with E-state index in [1.54, 1.807) is 6.07 Å². The third-order valence-electron chi connectivity index (χ3n) is 2.78. The maximum Gasteiger partial charge on any atom is 0.269 e. The number of rotatable bonds is 5. The van der Waals surface area contributed by atoms with Crippen LogP contribution in [0.2, 0.25) is 0 Å². The molecule has 1 heterocycles. The second-order valence-corrected chi connectivity index (χ2v) is 4.99. The van der Waals surface area contributed by atoms with Crippen LogP contribution in [0, 0.1) is 5.92 Å². The van der Waals surface area contributed by atoms with Crippen molar-refractivity contribution in [2.24, 2.45) is 5.92 Å². The molecular formula is C15H18N2O3. The standard InChI is InChI=1S/C15H18N2O3/c1-10(2)9-20-13-5-3-11(4-6-13)14-7-12(8-18)15(19)17-16-14/h3-7,10,18H,8-9H2,1-2H3,(H,17,19). The fourth-order valence-electron chi connectivity index (χ4n) is 1.70. The van der Waals surface area contributed by atoms with Gasteiger partial charge in [-0.2, -0.15) is 5.10 Å². The number of H-pyrrole nitrogens is 1. The van der Waals surface area contributed by atoms with Crippen molar-refractivity contribution in [3.63, 3.8) is 0 Å². The molecule has 2 rings (SSSR count). The molecule has 0 atom stereocenters. The molecule has 0 aliphatic rings. The predicted molar refractivity (Wildman–Crippen MR) is 76.5 cm³/mol. The molecular weight excluding hydrogens is 256 g/mol. The van der Waals surface area contributed by atoms with Gasteiger partial charge in [-0.3, -0.25) is 4.79 Å². The molecule has 0 saturated heterocycles. The number of aromatic nitrogens is 2. The molecule has 0 aliphatic heterocycles. The number of hydrogen-bond donors (Lipinski definition) is 2. The molecule has 0 unspecified atom stereocenters. The Balaban J connectivity index is 2.19. The lowest BCUT2D eigenvalue weighted by Crippen LogP contribution is -2.14. The maximum atomic E-state index is 11.3. The van der Waals surface area contributed by atoms with E-state index in [2.05, 4.69) is 24.0 Å². The molecule has 1 aromatic carbocycles. The molecule has 2 aromatic rings. The number of aliphatic hydroxyl groups is 1. The summed E-state index contributed by atoms with van der Waals surface area (Å²) in [6.45, 7) is 4.55. The molecule has 5 nitrogen and oxygen atoms in total. The largest absolute Gasteiger partial charge is 0.493 e. The third-order valence-corrected chi connectivity index (χ3v) is 2.78. The first-order valence-electron chi connectivity index (χ1n) is 6.53. The van der Waals surface area contributed by atoms with Crippen molar-refractivity contribution < 1.29 is 9.84 Å². The smallest absolute Gasteiger partial charge is 0.269 e. The van der Waals surface area contributed by atoms with E-state index in [1.807, 2.05) is 24.3 Å². The number of nitrogens with zero attached hydrogens (tertiary/aromatic N) is 1. The van der Waals surface area contributed by atoms with Crippen molar-refractivity contribution in [2.45, 2.75) is 20.5 Å². The molecule has 0 aliphatic carbocycles. The minimum atomic E-state index is -0.367. The molecule has 1 aromatic heterocycles. The van der Waals surface area contributed by atoms with Gasteiger partial charge in [0.2, 0.25) is 0 Å². The molecule has 0 saturated carbocycles. The highest BCUT2D eigenvalue weighted by Gasteiger charge is 2.05. The summed E-state index contributed by atoms with van der Waals surface area (Å²) >= 11 is 0. The van der Waals surface area contributed by atoms with E-state index in [0.717, 1.165) is 11.3 Å². The molecule has 0 amide bonds. The lowest BCUT2D eigenvalue weighted by molar-refractivity contribution is 0.271. The van der Waals surface area contributed by atoms with Crippen LogP contribution < -0.4 is 10.3 Å². The predicted octanol–water partition coefficient (Wildman–Crippen LogP) is 1.96. The van der Waals surface area contributed by atoms with Crippen LogP contribution in [-0.4, -0.2) is 21.9 Å². The molecule has 106 valence electrons. The van der Waals surface area contributed by atoms with Gasteiger partial charge in [-0.25, -0.2) is 5.10 Å². The van der Waals surface area contributed by atoms with Crippen LogP contribution in [0.1, 0.15) is 19.4 Å². The van der Waals surface area contributed by atoms with Crippen LogP contribution in [0.3, 0.4) is 0 Å². The Hall–Kier alpha value is -2.14. The highest BCUT2D eigenvalue weighted by atomic mass is 16.5. The first-order valence-corrected chi connectivity index (χ1v) is 6.53. The van der Waals surface area contributed by atoms with Crippen LogP contribution >= 0.6 is 0 Å². The van der Waals surface area contributed by atoms with Crippen LogP contribution in [0.4, 0.5) is 0 Å². The average Bonchev–Trinajstić information content (AvgIpc) is 2.46. The first-order chi connectivity index (χ1) is 9.60. The van der Waals surface area contributed by atoms with Gasteiger partial charge in [-0.05, 0) is 36.2 Å². The Labute approximate surface area is 117 Å². The van der Waals surface area contributed by atoms with Crippen molar-refractivity contribution in [1.82, 2.24) is 10.2 Å². The van der Waals surface area contributed by atoms with E-state index in [1.165, 1.54) is 0 Å². The number of ether oxygens (including phenoxy) is 1. The number of nitrogens with one attached hydrogen (secondary N) is 1. The van der Waals surface area contributed by atoms with Gasteiger partial charge >= 0.3 is 0 Å². The van der Waals surface area contributed by atoms with Crippen molar-refractivity contribution in [1.29, 1.82) is 0 Å². The zero-order valence-electron chi connectivity index (χ0n) is 11.6. The van der Waals surface area contributed by atoms with E-state index >= 15 is 0 Å². The number of aliphatic hydroxyl groups excluding tert-OH is 1. The lowest BCUT2D eigenvalue weighted by Gasteiger charge is -2.09. The fraction of sp³-hybridized carbons (Fsp3) is 0.333. The van der Waals surface area contributed by atoms with Gasteiger partial charge in [0.15, 0.2) is 0 Å². The Morgan fingerprint density at radius 2 is 2.00 bits per heavy atom. The summed E-state index contributed by atoms with van der Waals surface area (Å²) < 4.78 is 5.60. The van der Waals surface area contributed by atoms with Crippen LogP contribution in [0.15, 0.2) is 35.1 Å². The van der Waals surface area contributed by atoms with Gasteiger partial charge in [0.05, 0.1) is 18.9 Å². The van der Waals surface area contributed by atoms with E-state index in [-0.39, 0.29) is 12.2 Å². The Bertz CT molecular complexity index is 618. The van der Waals surface area contributed by atoms with Gasteiger partial charge in [-0.1, -0.05) is 13.8 Å². The average molecular weight is 274 g/mol. The molecule has 2 N–H and O–H groups in total. The highest BCUT2D eigenvalue weighted by Crippen LogP contribution is 2.20. The summed E-state index contributed by atoms with van der Waals surface area (Å²) in [6.07, 6.45) is 0. The third kappa shape index (κ3) is 3.45. The summed E-state index contributed by atoms with van der Waals surface area (Å²) in [4.78, 5) is 11.3. The minimum absolute atomic E-state index is 0.301. The van der Waals surface area contributed by atoms with E-state index in [9.17, 15) is 4.79 Å². The van der Waals surface area contributed by atoms with Crippen molar-refractivity contribution in [2.75, 3.05) is 6.61 Å². The summed E-state index contributed by atoms with van der Waals surface area (Å²) in [5, 5.41) is 15.4. The first kappa shape index (κ1) is 14.3. The lowest BCUT2D eigenvalue weighted by atomic mass is 10.1. The molecule has 0 radical (unpaired) electrons. The quantitative estimate of drug-likeness (QED) is 0.874. The molecule has 0 fully saturated rings. The maximum absolute atomic E-state index is 11.3.